The van der Waals surface area contributed by atoms with Gasteiger partial charge in [-0.3, -0.25) is 0 Å². The van der Waals surface area contributed by atoms with E-state index in [4.69, 9.17) is 0 Å². The second-order valence-electron chi connectivity index (χ2n) is 5.18. The summed E-state index contributed by atoms with van der Waals surface area (Å²) in [5.74, 6) is 0.436. The molecule has 1 saturated heterocycles. The van der Waals surface area contributed by atoms with E-state index in [2.05, 4.69) is 22.9 Å². The van der Waals surface area contributed by atoms with Crippen LogP contribution in [0.1, 0.15) is 25.8 Å². The molecule has 1 fully saturated rings. The van der Waals surface area contributed by atoms with Gasteiger partial charge in [0.25, 0.3) is 0 Å². The van der Waals surface area contributed by atoms with Crippen LogP contribution in [0, 0.1) is 12.8 Å². The maximum absolute atomic E-state index is 12.6. The van der Waals surface area contributed by atoms with Crippen molar-refractivity contribution < 1.29 is 8.42 Å². The van der Waals surface area contributed by atoms with Gasteiger partial charge in [-0.05, 0) is 49.9 Å². The number of halogens is 1. The van der Waals surface area contributed by atoms with E-state index in [0.717, 1.165) is 16.5 Å². The molecule has 18 heavy (non-hydrogen) atoms. The van der Waals surface area contributed by atoms with Crippen LogP contribution in [-0.4, -0.2) is 25.3 Å². The SMILES string of the molecule is Cc1cc(S(=O)(=O)N2CC(C)CC2C)ccc1Br. The Morgan fingerprint density at radius 2 is 2.00 bits per heavy atom. The fraction of sp³-hybridized carbons (Fsp3) is 0.538. The molecule has 1 heterocycles. The molecule has 0 N–H and O–H groups in total. The lowest BCUT2D eigenvalue weighted by Gasteiger charge is -2.21. The Balaban J connectivity index is 2.39. The van der Waals surface area contributed by atoms with E-state index in [1.165, 1.54) is 0 Å². The highest BCUT2D eigenvalue weighted by molar-refractivity contribution is 9.10. The van der Waals surface area contributed by atoms with Gasteiger partial charge in [-0.2, -0.15) is 4.31 Å². The average Bonchev–Trinajstić information content (AvgIpc) is 2.62. The molecule has 1 aliphatic heterocycles. The summed E-state index contributed by atoms with van der Waals surface area (Å²) in [4.78, 5) is 0.393. The topological polar surface area (TPSA) is 37.4 Å². The van der Waals surface area contributed by atoms with Crippen LogP contribution >= 0.6 is 15.9 Å². The fourth-order valence-electron chi connectivity index (χ4n) is 2.51. The van der Waals surface area contributed by atoms with Gasteiger partial charge in [-0.15, -0.1) is 0 Å². The molecule has 0 radical (unpaired) electrons. The maximum Gasteiger partial charge on any atom is 0.243 e. The summed E-state index contributed by atoms with van der Waals surface area (Å²) in [6.45, 7) is 6.60. The van der Waals surface area contributed by atoms with Crippen molar-refractivity contribution in [1.82, 2.24) is 4.31 Å². The molecule has 2 rings (SSSR count). The number of benzene rings is 1. The normalized spacial score (nSPS) is 25.6. The van der Waals surface area contributed by atoms with Gasteiger partial charge in [0.05, 0.1) is 4.90 Å². The van der Waals surface area contributed by atoms with Crippen LogP contribution < -0.4 is 0 Å². The van der Waals surface area contributed by atoms with Crippen molar-refractivity contribution >= 4 is 26.0 Å². The Morgan fingerprint density at radius 3 is 2.50 bits per heavy atom. The summed E-state index contributed by atoms with van der Waals surface area (Å²) < 4.78 is 27.7. The van der Waals surface area contributed by atoms with Crippen molar-refractivity contribution in [3.63, 3.8) is 0 Å². The highest BCUT2D eigenvalue weighted by Crippen LogP contribution is 2.30. The first-order valence-electron chi connectivity index (χ1n) is 6.10. The molecule has 0 amide bonds. The molecule has 0 bridgehead atoms. The van der Waals surface area contributed by atoms with Gasteiger partial charge in [0.15, 0.2) is 0 Å². The minimum Gasteiger partial charge on any atom is -0.207 e. The minimum absolute atomic E-state index is 0.0916. The molecule has 0 saturated carbocycles. The second kappa shape index (κ2) is 4.94. The van der Waals surface area contributed by atoms with Crippen molar-refractivity contribution in [3.05, 3.63) is 28.2 Å². The van der Waals surface area contributed by atoms with E-state index >= 15 is 0 Å². The molecule has 1 aromatic rings. The van der Waals surface area contributed by atoms with Crippen molar-refractivity contribution in [1.29, 1.82) is 0 Å². The number of nitrogens with zero attached hydrogens (tertiary/aromatic N) is 1. The van der Waals surface area contributed by atoms with Crippen LogP contribution in [0.3, 0.4) is 0 Å². The molecule has 100 valence electrons. The lowest BCUT2D eigenvalue weighted by molar-refractivity contribution is 0.405. The number of rotatable bonds is 2. The van der Waals surface area contributed by atoms with Crippen LogP contribution in [-0.2, 0) is 10.0 Å². The molecule has 2 atom stereocenters. The van der Waals surface area contributed by atoms with E-state index in [1.54, 1.807) is 22.5 Å². The molecule has 5 heteroatoms. The summed E-state index contributed by atoms with van der Waals surface area (Å²) in [5, 5.41) is 0. The quantitative estimate of drug-likeness (QED) is 0.834. The Bertz CT molecular complexity index is 556. The number of hydrogen-bond acceptors (Lipinski definition) is 2. The predicted octanol–water partition coefficient (Wildman–Crippen LogP) is 3.18. The molecule has 1 aromatic carbocycles. The lowest BCUT2D eigenvalue weighted by atomic mass is 10.1. The highest BCUT2D eigenvalue weighted by Gasteiger charge is 2.36. The summed E-state index contributed by atoms with van der Waals surface area (Å²) in [5.41, 5.74) is 0.941. The van der Waals surface area contributed by atoms with Crippen molar-refractivity contribution in [3.8, 4) is 0 Å². The standard InChI is InChI=1S/C13H18BrNO2S/c1-9-6-11(3)15(8-9)18(16,17)12-4-5-13(14)10(2)7-12/h4-5,7,9,11H,6,8H2,1-3H3. The predicted molar refractivity (Wildman–Crippen MR) is 76.0 cm³/mol. The molecule has 3 nitrogen and oxygen atoms in total. The van der Waals surface area contributed by atoms with E-state index in [9.17, 15) is 8.42 Å². The zero-order valence-electron chi connectivity index (χ0n) is 10.9. The van der Waals surface area contributed by atoms with Crippen LogP contribution in [0.15, 0.2) is 27.6 Å². The summed E-state index contributed by atoms with van der Waals surface area (Å²) in [6.07, 6.45) is 0.939. The second-order valence-corrected chi connectivity index (χ2v) is 7.92. The van der Waals surface area contributed by atoms with E-state index in [0.29, 0.717) is 17.4 Å². The van der Waals surface area contributed by atoms with Gasteiger partial charge in [-0.25, -0.2) is 8.42 Å². The van der Waals surface area contributed by atoms with Gasteiger partial charge in [-0.1, -0.05) is 22.9 Å². The Hall–Kier alpha value is -0.390. The third-order valence-electron chi connectivity index (χ3n) is 3.46. The Labute approximate surface area is 117 Å². The van der Waals surface area contributed by atoms with Crippen molar-refractivity contribution in [2.75, 3.05) is 6.54 Å². The van der Waals surface area contributed by atoms with Crippen LogP contribution in [0.4, 0.5) is 0 Å². The average molecular weight is 332 g/mol. The molecule has 1 aliphatic rings. The van der Waals surface area contributed by atoms with Crippen molar-refractivity contribution in [2.45, 2.75) is 38.1 Å². The van der Waals surface area contributed by atoms with Gasteiger partial charge in [0, 0.05) is 17.1 Å². The molecule has 0 aliphatic carbocycles. The van der Waals surface area contributed by atoms with Crippen LogP contribution in [0.5, 0.6) is 0 Å². The van der Waals surface area contributed by atoms with Crippen LogP contribution in [0.25, 0.3) is 0 Å². The zero-order chi connectivity index (χ0) is 13.5. The summed E-state index contributed by atoms with van der Waals surface area (Å²) in [7, 11) is -3.35. The number of hydrogen-bond donors (Lipinski definition) is 0. The smallest absolute Gasteiger partial charge is 0.207 e. The molecular formula is C13H18BrNO2S. The van der Waals surface area contributed by atoms with Crippen LogP contribution in [0.2, 0.25) is 0 Å². The van der Waals surface area contributed by atoms with E-state index < -0.39 is 10.0 Å². The summed E-state index contributed by atoms with van der Waals surface area (Å²) >= 11 is 3.39. The minimum atomic E-state index is -3.35. The molecule has 0 spiro atoms. The number of aryl methyl sites for hydroxylation is 1. The van der Waals surface area contributed by atoms with E-state index in [1.807, 2.05) is 13.8 Å². The van der Waals surface area contributed by atoms with Gasteiger partial charge < -0.3 is 0 Å². The van der Waals surface area contributed by atoms with Gasteiger partial charge >= 0.3 is 0 Å². The highest BCUT2D eigenvalue weighted by atomic mass is 79.9. The Morgan fingerprint density at radius 1 is 1.33 bits per heavy atom. The maximum atomic E-state index is 12.6. The first-order chi connectivity index (χ1) is 8.32. The Kier molecular flexibility index (Phi) is 3.85. The first kappa shape index (κ1) is 14.0. The van der Waals surface area contributed by atoms with Gasteiger partial charge in [0.2, 0.25) is 10.0 Å². The largest absolute Gasteiger partial charge is 0.243 e. The van der Waals surface area contributed by atoms with E-state index in [-0.39, 0.29) is 6.04 Å². The fourth-order valence-corrected chi connectivity index (χ4v) is 4.60. The van der Waals surface area contributed by atoms with Crippen molar-refractivity contribution in [2.24, 2.45) is 5.92 Å². The third kappa shape index (κ3) is 2.49. The molecule has 0 aromatic heterocycles. The zero-order valence-corrected chi connectivity index (χ0v) is 13.3. The van der Waals surface area contributed by atoms with Gasteiger partial charge in [0.1, 0.15) is 0 Å². The number of sulfonamides is 1. The molecular weight excluding hydrogens is 314 g/mol. The summed E-state index contributed by atoms with van der Waals surface area (Å²) in [6, 6.07) is 5.29. The lowest BCUT2D eigenvalue weighted by Crippen LogP contribution is -2.34. The monoisotopic (exact) mass is 331 g/mol. The first-order valence-corrected chi connectivity index (χ1v) is 8.33. The molecule has 2 unspecified atom stereocenters. The third-order valence-corrected chi connectivity index (χ3v) is 6.33.